The van der Waals surface area contributed by atoms with Crippen LogP contribution >= 0.6 is 0 Å². The second kappa shape index (κ2) is 13.8. The van der Waals surface area contributed by atoms with Crippen LogP contribution in [-0.2, 0) is 16.0 Å². The summed E-state index contributed by atoms with van der Waals surface area (Å²) < 4.78 is 16.0. The smallest absolute Gasteiger partial charge is 0.303 e. The summed E-state index contributed by atoms with van der Waals surface area (Å²) in [7, 11) is 2.60. The number of amides is 1. The molecule has 0 atom stereocenters. The lowest BCUT2D eigenvalue weighted by Crippen LogP contribution is -2.32. The third-order valence-electron chi connectivity index (χ3n) is 3.67. The molecule has 0 aliphatic rings. The van der Waals surface area contributed by atoms with E-state index in [4.69, 9.17) is 24.4 Å². The van der Waals surface area contributed by atoms with Gasteiger partial charge in [0.2, 0.25) is 0 Å². The number of carbonyl (C=O) groups excluding carboxylic acids is 1. The molecule has 0 aliphatic heterocycles. The van der Waals surface area contributed by atoms with Gasteiger partial charge in [-0.15, -0.1) is 0 Å². The molecular formula is C21H27NO7. The van der Waals surface area contributed by atoms with Crippen LogP contribution < -0.4 is 19.5 Å². The van der Waals surface area contributed by atoms with Crippen LogP contribution in [0.25, 0.3) is 0 Å². The van der Waals surface area contributed by atoms with Crippen LogP contribution in [0.5, 0.6) is 17.2 Å². The number of benzene rings is 2. The standard InChI is InChI=1S/C20H23NO6.CH4O/c1-25-16-7-9-17(10-8-16)26-13-12-21-19(22)14-27-18-5-2-15(3-6-18)4-11-20(23)24;1-2/h2-3,5-10H,4,11-14H2,1H3,(H,21,22)(H,23,24);2H,1H3. The van der Waals surface area contributed by atoms with E-state index in [1.807, 2.05) is 0 Å². The number of ether oxygens (including phenoxy) is 3. The summed E-state index contributed by atoms with van der Waals surface area (Å²) in [5, 5.41) is 18.4. The highest BCUT2D eigenvalue weighted by atomic mass is 16.5. The monoisotopic (exact) mass is 405 g/mol. The number of aryl methyl sites for hydroxylation is 1. The molecule has 1 amide bonds. The third kappa shape index (κ3) is 10.0. The van der Waals surface area contributed by atoms with Crippen molar-refractivity contribution in [2.75, 3.05) is 34.0 Å². The van der Waals surface area contributed by atoms with Crippen LogP contribution in [0, 0.1) is 0 Å². The summed E-state index contributed by atoms with van der Waals surface area (Å²) in [5.41, 5.74) is 0.907. The quantitative estimate of drug-likeness (QED) is 0.489. The van der Waals surface area contributed by atoms with Crippen LogP contribution in [0.2, 0.25) is 0 Å². The zero-order valence-corrected chi connectivity index (χ0v) is 16.6. The molecule has 0 spiro atoms. The largest absolute Gasteiger partial charge is 0.497 e. The van der Waals surface area contributed by atoms with Gasteiger partial charge in [0.25, 0.3) is 5.91 Å². The first-order valence-corrected chi connectivity index (χ1v) is 8.98. The Morgan fingerprint density at radius 3 is 2.03 bits per heavy atom. The highest BCUT2D eigenvalue weighted by molar-refractivity contribution is 5.77. The van der Waals surface area contributed by atoms with E-state index in [-0.39, 0.29) is 18.9 Å². The number of aliphatic hydroxyl groups excluding tert-OH is 1. The fraction of sp³-hybridized carbons (Fsp3) is 0.333. The molecule has 2 aromatic carbocycles. The van der Waals surface area contributed by atoms with E-state index in [9.17, 15) is 9.59 Å². The van der Waals surface area contributed by atoms with E-state index >= 15 is 0 Å². The Hall–Kier alpha value is -3.26. The number of hydrogen-bond acceptors (Lipinski definition) is 6. The highest BCUT2D eigenvalue weighted by Crippen LogP contribution is 2.16. The molecule has 0 radical (unpaired) electrons. The number of methoxy groups -OCH3 is 1. The van der Waals surface area contributed by atoms with Crippen LogP contribution in [-0.4, -0.2) is 56.1 Å². The van der Waals surface area contributed by atoms with Crippen molar-refractivity contribution >= 4 is 11.9 Å². The van der Waals surface area contributed by atoms with Crippen LogP contribution in [0.3, 0.4) is 0 Å². The first-order valence-electron chi connectivity index (χ1n) is 8.98. The number of aliphatic hydroxyl groups is 1. The summed E-state index contributed by atoms with van der Waals surface area (Å²) in [5.74, 6) is 0.928. The molecule has 3 N–H and O–H groups in total. The van der Waals surface area contributed by atoms with E-state index in [0.717, 1.165) is 18.4 Å². The Morgan fingerprint density at radius 1 is 0.897 bits per heavy atom. The second-order valence-corrected chi connectivity index (χ2v) is 5.70. The van der Waals surface area contributed by atoms with E-state index < -0.39 is 5.97 Å². The van der Waals surface area contributed by atoms with Crippen molar-refractivity contribution in [1.82, 2.24) is 5.32 Å². The Labute approximate surface area is 170 Å². The lowest BCUT2D eigenvalue weighted by molar-refractivity contribution is -0.137. The lowest BCUT2D eigenvalue weighted by Gasteiger charge is -2.09. The molecule has 0 bridgehead atoms. The summed E-state index contributed by atoms with van der Waals surface area (Å²) in [6, 6.07) is 14.2. The van der Waals surface area contributed by atoms with E-state index in [1.165, 1.54) is 0 Å². The number of aliphatic carboxylic acids is 1. The second-order valence-electron chi connectivity index (χ2n) is 5.70. The summed E-state index contributed by atoms with van der Waals surface area (Å²) in [4.78, 5) is 22.3. The number of hydrogen-bond donors (Lipinski definition) is 3. The fourth-order valence-electron chi connectivity index (χ4n) is 2.23. The molecule has 8 nitrogen and oxygen atoms in total. The van der Waals surface area contributed by atoms with Gasteiger partial charge in [0.1, 0.15) is 23.9 Å². The molecule has 158 valence electrons. The molecule has 0 aliphatic carbocycles. The van der Waals surface area contributed by atoms with Gasteiger partial charge in [-0.25, -0.2) is 0 Å². The first-order chi connectivity index (χ1) is 14.1. The minimum Gasteiger partial charge on any atom is -0.497 e. The van der Waals surface area contributed by atoms with Gasteiger partial charge in [0.15, 0.2) is 6.61 Å². The highest BCUT2D eigenvalue weighted by Gasteiger charge is 2.04. The van der Waals surface area contributed by atoms with Gasteiger partial charge in [-0.3, -0.25) is 9.59 Å². The van der Waals surface area contributed by atoms with Crippen molar-refractivity contribution < 1.29 is 34.0 Å². The molecule has 0 heterocycles. The molecule has 2 aromatic rings. The van der Waals surface area contributed by atoms with Gasteiger partial charge >= 0.3 is 5.97 Å². The topological polar surface area (TPSA) is 114 Å². The molecule has 0 fully saturated rings. The van der Waals surface area contributed by atoms with Crippen molar-refractivity contribution in [2.45, 2.75) is 12.8 Å². The molecule has 0 saturated heterocycles. The SMILES string of the molecule is CO.COc1ccc(OCCNC(=O)COc2ccc(CCC(=O)O)cc2)cc1. The maximum absolute atomic E-state index is 11.8. The van der Waals surface area contributed by atoms with Gasteiger partial charge in [0.05, 0.1) is 13.7 Å². The normalized spacial score (nSPS) is 9.62. The maximum Gasteiger partial charge on any atom is 0.303 e. The Kier molecular flexibility index (Phi) is 11.3. The van der Waals surface area contributed by atoms with E-state index in [1.54, 1.807) is 55.6 Å². The molecular weight excluding hydrogens is 378 g/mol. The molecule has 8 heteroatoms. The van der Waals surface area contributed by atoms with Crippen molar-refractivity contribution in [1.29, 1.82) is 0 Å². The van der Waals surface area contributed by atoms with Crippen molar-refractivity contribution in [3.05, 3.63) is 54.1 Å². The fourth-order valence-corrected chi connectivity index (χ4v) is 2.23. The molecule has 2 rings (SSSR count). The zero-order chi connectivity index (χ0) is 21.5. The van der Waals surface area contributed by atoms with Gasteiger partial charge < -0.3 is 29.7 Å². The first kappa shape index (κ1) is 23.8. The molecule has 0 aromatic heterocycles. The molecule has 0 unspecified atom stereocenters. The Balaban J connectivity index is 0.00000204. The maximum atomic E-state index is 11.8. The average molecular weight is 405 g/mol. The van der Waals surface area contributed by atoms with Crippen LogP contribution in [0.1, 0.15) is 12.0 Å². The number of carbonyl (C=O) groups is 2. The predicted molar refractivity (Wildman–Crippen MR) is 108 cm³/mol. The van der Waals surface area contributed by atoms with Gasteiger partial charge in [-0.2, -0.15) is 0 Å². The van der Waals surface area contributed by atoms with Gasteiger partial charge in [-0.05, 0) is 48.4 Å². The van der Waals surface area contributed by atoms with Gasteiger partial charge in [-0.1, -0.05) is 12.1 Å². The number of nitrogens with one attached hydrogen (secondary N) is 1. The van der Waals surface area contributed by atoms with Crippen molar-refractivity contribution in [2.24, 2.45) is 0 Å². The lowest BCUT2D eigenvalue weighted by atomic mass is 10.1. The molecule has 0 saturated carbocycles. The average Bonchev–Trinajstić information content (AvgIpc) is 2.76. The zero-order valence-electron chi connectivity index (χ0n) is 16.6. The minimum absolute atomic E-state index is 0.0845. The van der Waals surface area contributed by atoms with Crippen molar-refractivity contribution in [3.63, 3.8) is 0 Å². The Bertz CT molecular complexity index is 730. The number of carboxylic acid groups (broad SMARTS) is 1. The summed E-state index contributed by atoms with van der Waals surface area (Å²) >= 11 is 0. The van der Waals surface area contributed by atoms with Crippen LogP contribution in [0.4, 0.5) is 0 Å². The van der Waals surface area contributed by atoms with Gasteiger partial charge in [0, 0.05) is 13.5 Å². The predicted octanol–water partition coefficient (Wildman–Crippen LogP) is 1.89. The van der Waals surface area contributed by atoms with E-state index in [0.29, 0.717) is 31.1 Å². The number of carboxylic acids is 1. The van der Waals surface area contributed by atoms with Crippen LogP contribution in [0.15, 0.2) is 48.5 Å². The number of rotatable bonds is 11. The third-order valence-corrected chi connectivity index (χ3v) is 3.67. The molecule has 29 heavy (non-hydrogen) atoms. The van der Waals surface area contributed by atoms with E-state index in [2.05, 4.69) is 5.32 Å². The Morgan fingerprint density at radius 2 is 1.45 bits per heavy atom. The van der Waals surface area contributed by atoms with Crippen molar-refractivity contribution in [3.8, 4) is 17.2 Å². The minimum atomic E-state index is -0.831. The summed E-state index contributed by atoms with van der Waals surface area (Å²) in [6.45, 7) is 0.607. The summed E-state index contributed by atoms with van der Waals surface area (Å²) in [6.07, 6.45) is 0.547.